The minimum Gasteiger partial charge on any atom is -0.382 e. The maximum Gasteiger partial charge on any atom is 0.121 e. The number of aliphatic hydroxyl groups is 1. The molecule has 0 fully saturated rings. The highest BCUT2D eigenvalue weighted by molar-refractivity contribution is 5.71. The van der Waals surface area contributed by atoms with Gasteiger partial charge in [0.05, 0.1) is 29.9 Å². The molecule has 2 aromatic carbocycles. The lowest BCUT2D eigenvalue weighted by molar-refractivity contribution is 0.211. The second-order valence-electron chi connectivity index (χ2n) is 5.11. The Labute approximate surface area is 128 Å². The van der Waals surface area contributed by atoms with Gasteiger partial charge in [0, 0.05) is 7.05 Å². The molecule has 0 saturated heterocycles. The summed E-state index contributed by atoms with van der Waals surface area (Å²) in [5, 5.41) is 19.9. The van der Waals surface area contributed by atoms with E-state index in [4.69, 9.17) is 0 Å². The van der Waals surface area contributed by atoms with Gasteiger partial charge in [0.2, 0.25) is 0 Å². The summed E-state index contributed by atoms with van der Waals surface area (Å²) in [7, 11) is 1.84. The summed E-state index contributed by atoms with van der Waals surface area (Å²) in [5.41, 5.74) is 3.82. The topological polar surface area (TPSA) is 61.8 Å². The molecule has 1 atom stereocenters. The van der Waals surface area contributed by atoms with E-state index in [2.05, 4.69) is 11.1 Å². The first kappa shape index (κ1) is 14.1. The summed E-state index contributed by atoms with van der Waals surface area (Å²) >= 11 is 0. The molecule has 0 aliphatic rings. The average molecular weight is 289 g/mol. The number of nitriles is 1. The van der Waals surface area contributed by atoms with Crippen LogP contribution in [0.3, 0.4) is 0 Å². The van der Waals surface area contributed by atoms with E-state index in [9.17, 15) is 10.4 Å². The van der Waals surface area contributed by atoms with Crippen molar-refractivity contribution in [2.75, 3.05) is 0 Å². The molecule has 0 saturated carbocycles. The van der Waals surface area contributed by atoms with E-state index in [1.807, 2.05) is 43.4 Å². The van der Waals surface area contributed by atoms with Gasteiger partial charge in [-0.1, -0.05) is 36.4 Å². The standard InChI is InChI=1S/C18H15N3O/c1-21-12-20-11-17(21)18(22)14-7-8-15(10-19)16(9-14)13-5-3-2-4-6-13/h2-9,11-12,18,22H,1H3. The molecule has 3 rings (SSSR count). The van der Waals surface area contributed by atoms with Crippen LogP contribution in [-0.2, 0) is 7.05 Å². The predicted octanol–water partition coefficient (Wildman–Crippen LogP) is 3.04. The van der Waals surface area contributed by atoms with Crippen LogP contribution in [0.4, 0.5) is 0 Å². The molecule has 4 heteroatoms. The molecule has 1 aromatic heterocycles. The van der Waals surface area contributed by atoms with E-state index in [-0.39, 0.29) is 0 Å². The fourth-order valence-corrected chi connectivity index (χ4v) is 2.49. The van der Waals surface area contributed by atoms with Gasteiger partial charge in [-0.2, -0.15) is 5.26 Å². The van der Waals surface area contributed by atoms with Gasteiger partial charge < -0.3 is 9.67 Å². The second-order valence-corrected chi connectivity index (χ2v) is 5.11. The van der Waals surface area contributed by atoms with Crippen molar-refractivity contribution in [2.45, 2.75) is 6.10 Å². The normalized spacial score (nSPS) is 11.9. The van der Waals surface area contributed by atoms with Crippen LogP contribution in [0.25, 0.3) is 11.1 Å². The Balaban J connectivity index is 2.09. The number of nitrogens with zero attached hydrogens (tertiary/aromatic N) is 3. The fraction of sp³-hybridized carbons (Fsp3) is 0.111. The Kier molecular flexibility index (Phi) is 3.73. The van der Waals surface area contributed by atoms with Crippen molar-refractivity contribution in [2.24, 2.45) is 7.05 Å². The number of hydrogen-bond acceptors (Lipinski definition) is 3. The average Bonchev–Trinajstić information content (AvgIpc) is 3.00. The SMILES string of the molecule is Cn1cncc1C(O)c1ccc(C#N)c(-c2ccccc2)c1. The molecule has 0 bridgehead atoms. The molecular weight excluding hydrogens is 274 g/mol. The van der Waals surface area contributed by atoms with Crippen LogP contribution in [0.15, 0.2) is 61.1 Å². The van der Waals surface area contributed by atoms with E-state index < -0.39 is 6.10 Å². The van der Waals surface area contributed by atoms with E-state index in [0.29, 0.717) is 11.3 Å². The maximum atomic E-state index is 10.6. The van der Waals surface area contributed by atoms with Crippen molar-refractivity contribution in [1.82, 2.24) is 9.55 Å². The van der Waals surface area contributed by atoms with Gasteiger partial charge in [-0.25, -0.2) is 4.98 Å². The second kappa shape index (κ2) is 5.84. The molecular formula is C18H15N3O. The third-order valence-corrected chi connectivity index (χ3v) is 3.70. The third-order valence-electron chi connectivity index (χ3n) is 3.70. The first-order valence-corrected chi connectivity index (χ1v) is 6.94. The van der Waals surface area contributed by atoms with Crippen LogP contribution in [0.5, 0.6) is 0 Å². The van der Waals surface area contributed by atoms with E-state index in [1.54, 1.807) is 29.2 Å². The first-order chi connectivity index (χ1) is 10.7. The van der Waals surface area contributed by atoms with Gasteiger partial charge in [-0.3, -0.25) is 0 Å². The smallest absolute Gasteiger partial charge is 0.121 e. The molecule has 1 unspecified atom stereocenters. The molecule has 1 N–H and O–H groups in total. The number of hydrogen-bond donors (Lipinski definition) is 1. The Hall–Kier alpha value is -2.90. The molecule has 0 spiro atoms. The minimum atomic E-state index is -0.775. The number of benzene rings is 2. The van der Waals surface area contributed by atoms with Crippen molar-refractivity contribution in [1.29, 1.82) is 5.26 Å². The minimum absolute atomic E-state index is 0.590. The first-order valence-electron chi connectivity index (χ1n) is 6.94. The van der Waals surface area contributed by atoms with Gasteiger partial charge in [0.25, 0.3) is 0 Å². The van der Waals surface area contributed by atoms with Crippen molar-refractivity contribution in [3.8, 4) is 17.2 Å². The van der Waals surface area contributed by atoms with E-state index in [0.717, 1.165) is 16.7 Å². The van der Waals surface area contributed by atoms with Crippen LogP contribution in [-0.4, -0.2) is 14.7 Å². The maximum absolute atomic E-state index is 10.6. The molecule has 0 amide bonds. The van der Waals surface area contributed by atoms with Gasteiger partial charge >= 0.3 is 0 Å². The highest BCUT2D eigenvalue weighted by Crippen LogP contribution is 2.29. The van der Waals surface area contributed by atoms with Gasteiger partial charge in [0.15, 0.2) is 0 Å². The van der Waals surface area contributed by atoms with Crippen LogP contribution < -0.4 is 0 Å². The number of aromatic nitrogens is 2. The number of aryl methyl sites for hydroxylation is 1. The summed E-state index contributed by atoms with van der Waals surface area (Å²) in [6, 6.07) is 17.3. The molecule has 3 aromatic rings. The highest BCUT2D eigenvalue weighted by atomic mass is 16.3. The van der Waals surface area contributed by atoms with E-state index >= 15 is 0 Å². The van der Waals surface area contributed by atoms with Gasteiger partial charge in [0.1, 0.15) is 6.10 Å². The zero-order valence-electron chi connectivity index (χ0n) is 12.1. The molecule has 22 heavy (non-hydrogen) atoms. The number of imidazole rings is 1. The zero-order chi connectivity index (χ0) is 15.5. The van der Waals surface area contributed by atoms with E-state index in [1.165, 1.54) is 0 Å². The summed E-state index contributed by atoms with van der Waals surface area (Å²) in [6.45, 7) is 0. The molecule has 0 aliphatic carbocycles. The van der Waals surface area contributed by atoms with Gasteiger partial charge in [-0.15, -0.1) is 0 Å². The quantitative estimate of drug-likeness (QED) is 0.806. The van der Waals surface area contributed by atoms with Crippen LogP contribution in [0.1, 0.15) is 22.9 Å². The summed E-state index contributed by atoms with van der Waals surface area (Å²) < 4.78 is 1.78. The zero-order valence-corrected chi connectivity index (χ0v) is 12.1. The Morgan fingerprint density at radius 2 is 1.95 bits per heavy atom. The van der Waals surface area contributed by atoms with Crippen molar-refractivity contribution >= 4 is 0 Å². The fourth-order valence-electron chi connectivity index (χ4n) is 2.49. The molecule has 1 heterocycles. The molecule has 108 valence electrons. The summed E-state index contributed by atoms with van der Waals surface area (Å²) in [5.74, 6) is 0. The lowest BCUT2D eigenvalue weighted by atomic mass is 9.95. The third kappa shape index (κ3) is 2.50. The lowest BCUT2D eigenvalue weighted by Crippen LogP contribution is -2.05. The van der Waals surface area contributed by atoms with Crippen molar-refractivity contribution in [3.05, 3.63) is 77.9 Å². The summed E-state index contributed by atoms with van der Waals surface area (Å²) in [4.78, 5) is 4.03. The molecule has 4 nitrogen and oxygen atoms in total. The predicted molar refractivity (Wildman–Crippen MR) is 83.9 cm³/mol. The summed E-state index contributed by atoms with van der Waals surface area (Å²) in [6.07, 6.45) is 2.52. The number of aliphatic hydroxyl groups excluding tert-OH is 1. The Morgan fingerprint density at radius 3 is 2.59 bits per heavy atom. The van der Waals surface area contributed by atoms with Crippen LogP contribution >= 0.6 is 0 Å². The largest absolute Gasteiger partial charge is 0.382 e. The Morgan fingerprint density at radius 1 is 1.18 bits per heavy atom. The lowest BCUT2D eigenvalue weighted by Gasteiger charge is -2.14. The molecule has 0 radical (unpaired) electrons. The number of rotatable bonds is 3. The van der Waals surface area contributed by atoms with Crippen molar-refractivity contribution in [3.63, 3.8) is 0 Å². The monoisotopic (exact) mass is 289 g/mol. The molecule has 0 aliphatic heterocycles. The van der Waals surface area contributed by atoms with Crippen LogP contribution in [0, 0.1) is 11.3 Å². The van der Waals surface area contributed by atoms with Crippen LogP contribution in [0.2, 0.25) is 0 Å². The van der Waals surface area contributed by atoms with Gasteiger partial charge in [-0.05, 0) is 28.8 Å². The van der Waals surface area contributed by atoms with Crippen molar-refractivity contribution < 1.29 is 5.11 Å². The Bertz CT molecular complexity index is 831. The highest BCUT2D eigenvalue weighted by Gasteiger charge is 2.16.